The largest absolute Gasteiger partial charge is 0.352 e. The first-order valence-electron chi connectivity index (χ1n) is 3.82. The average molecular weight is 140 g/mol. The molecule has 0 spiro atoms. The minimum atomic E-state index is 0.185. The van der Waals surface area contributed by atoms with Gasteiger partial charge in [0.1, 0.15) is 0 Å². The third kappa shape index (κ3) is 0.736. The Morgan fingerprint density at radius 1 is 1.50 bits per heavy atom. The van der Waals surface area contributed by atoms with Crippen LogP contribution in [0.15, 0.2) is 0 Å². The number of carbonyl (C=O) groups is 1. The predicted molar refractivity (Wildman–Crippen MR) is 37.2 cm³/mol. The van der Waals surface area contributed by atoms with E-state index in [0.717, 1.165) is 12.8 Å². The van der Waals surface area contributed by atoms with Gasteiger partial charge in [-0.05, 0) is 18.8 Å². The second-order valence-electron chi connectivity index (χ2n) is 3.30. The molecule has 3 N–H and O–H groups in total. The van der Waals surface area contributed by atoms with Crippen LogP contribution in [0.5, 0.6) is 0 Å². The van der Waals surface area contributed by atoms with Crippen molar-refractivity contribution in [3.8, 4) is 0 Å². The van der Waals surface area contributed by atoms with Crippen molar-refractivity contribution >= 4 is 5.91 Å². The molecule has 0 aromatic rings. The Kier molecular flexibility index (Phi) is 1.20. The number of carbonyl (C=O) groups excluding carboxylic acids is 1. The fraction of sp³-hybridized carbons (Fsp3) is 0.857. The Hall–Kier alpha value is -0.570. The Balaban J connectivity index is 2.12. The smallest absolute Gasteiger partial charge is 0.220 e. The minimum absolute atomic E-state index is 0.185. The van der Waals surface area contributed by atoms with Gasteiger partial charge >= 0.3 is 0 Å². The second-order valence-corrected chi connectivity index (χ2v) is 3.30. The van der Waals surface area contributed by atoms with Crippen molar-refractivity contribution in [1.29, 1.82) is 0 Å². The van der Waals surface area contributed by atoms with Crippen LogP contribution in [0.25, 0.3) is 0 Å². The van der Waals surface area contributed by atoms with Crippen molar-refractivity contribution in [3.05, 3.63) is 0 Å². The molecule has 1 saturated carbocycles. The molecule has 1 aliphatic carbocycles. The molecule has 3 heteroatoms. The number of fused-ring (bicyclic) bond motifs is 1. The summed E-state index contributed by atoms with van der Waals surface area (Å²) in [6.07, 6.45) is 2.92. The van der Waals surface area contributed by atoms with Crippen LogP contribution in [0.2, 0.25) is 0 Å². The summed E-state index contributed by atoms with van der Waals surface area (Å²) >= 11 is 0. The summed E-state index contributed by atoms with van der Waals surface area (Å²) in [6, 6.07) is 0.518. The highest BCUT2D eigenvalue weighted by Gasteiger charge is 2.40. The van der Waals surface area contributed by atoms with Gasteiger partial charge in [0.2, 0.25) is 5.91 Å². The highest BCUT2D eigenvalue weighted by Crippen LogP contribution is 2.31. The number of amides is 1. The average Bonchev–Trinajstić information content (AvgIpc) is 2.35. The zero-order valence-corrected chi connectivity index (χ0v) is 5.84. The molecule has 2 rings (SSSR count). The molecular formula is C7H12N2O. The van der Waals surface area contributed by atoms with Crippen LogP contribution >= 0.6 is 0 Å². The lowest BCUT2D eigenvalue weighted by Crippen LogP contribution is -2.40. The summed E-state index contributed by atoms with van der Waals surface area (Å²) in [5, 5.41) is 2.90. The fourth-order valence-corrected chi connectivity index (χ4v) is 2.05. The first-order valence-corrected chi connectivity index (χ1v) is 3.82. The number of rotatable bonds is 0. The molecule has 3 nitrogen and oxygen atoms in total. The first kappa shape index (κ1) is 6.16. The van der Waals surface area contributed by atoms with Crippen LogP contribution in [-0.2, 0) is 4.79 Å². The summed E-state index contributed by atoms with van der Waals surface area (Å²) in [5.74, 6) is 0.729. The van der Waals surface area contributed by atoms with Crippen LogP contribution in [0.1, 0.15) is 19.3 Å². The van der Waals surface area contributed by atoms with Crippen molar-refractivity contribution in [1.82, 2.24) is 5.32 Å². The predicted octanol–water partition coefficient (Wildman–Crippen LogP) is -0.388. The summed E-state index contributed by atoms with van der Waals surface area (Å²) in [5.41, 5.74) is 5.77. The van der Waals surface area contributed by atoms with Gasteiger partial charge in [0.05, 0.1) is 0 Å². The molecule has 3 atom stereocenters. The van der Waals surface area contributed by atoms with Gasteiger partial charge in [0.25, 0.3) is 0 Å². The third-order valence-electron chi connectivity index (χ3n) is 2.62. The standard InChI is InChI=1S/C7H12N2O/c8-5-2-1-4-3-6(10)9-7(4)5/h4-5,7H,1-3,8H2,(H,9,10)/t4-,5+,7+/m1/s1. The highest BCUT2D eigenvalue weighted by molar-refractivity contribution is 5.79. The van der Waals surface area contributed by atoms with Crippen LogP contribution in [0.4, 0.5) is 0 Å². The van der Waals surface area contributed by atoms with Gasteiger partial charge in [0, 0.05) is 18.5 Å². The van der Waals surface area contributed by atoms with Crippen molar-refractivity contribution in [2.24, 2.45) is 11.7 Å². The zero-order valence-electron chi connectivity index (χ0n) is 5.84. The second kappa shape index (κ2) is 1.95. The van der Waals surface area contributed by atoms with Crippen LogP contribution in [0.3, 0.4) is 0 Å². The maximum absolute atomic E-state index is 10.8. The summed E-state index contributed by atoms with van der Waals surface area (Å²) in [4.78, 5) is 10.8. The van der Waals surface area contributed by atoms with Crippen molar-refractivity contribution in [2.45, 2.75) is 31.3 Å². The Morgan fingerprint density at radius 3 is 3.00 bits per heavy atom. The number of nitrogens with two attached hydrogens (primary N) is 1. The molecule has 10 heavy (non-hydrogen) atoms. The molecule has 1 amide bonds. The molecular weight excluding hydrogens is 128 g/mol. The molecule has 0 bridgehead atoms. The van der Waals surface area contributed by atoms with Crippen molar-refractivity contribution < 1.29 is 4.79 Å². The lowest BCUT2D eigenvalue weighted by Gasteiger charge is -2.12. The lowest BCUT2D eigenvalue weighted by atomic mass is 10.0. The van der Waals surface area contributed by atoms with E-state index in [2.05, 4.69) is 5.32 Å². The highest BCUT2D eigenvalue weighted by atomic mass is 16.2. The molecule has 2 fully saturated rings. The lowest BCUT2D eigenvalue weighted by molar-refractivity contribution is -0.119. The Labute approximate surface area is 60.0 Å². The maximum Gasteiger partial charge on any atom is 0.220 e. The minimum Gasteiger partial charge on any atom is -0.352 e. The van der Waals surface area contributed by atoms with Crippen LogP contribution in [-0.4, -0.2) is 18.0 Å². The molecule has 0 radical (unpaired) electrons. The van der Waals surface area contributed by atoms with E-state index in [4.69, 9.17) is 5.73 Å². The van der Waals surface area contributed by atoms with E-state index >= 15 is 0 Å². The van der Waals surface area contributed by atoms with E-state index in [9.17, 15) is 4.79 Å². The van der Waals surface area contributed by atoms with E-state index in [1.165, 1.54) is 0 Å². The maximum atomic E-state index is 10.8. The molecule has 1 aliphatic heterocycles. The van der Waals surface area contributed by atoms with Crippen molar-refractivity contribution in [3.63, 3.8) is 0 Å². The van der Waals surface area contributed by atoms with Crippen LogP contribution < -0.4 is 11.1 Å². The molecule has 0 aromatic carbocycles. The zero-order chi connectivity index (χ0) is 7.14. The van der Waals surface area contributed by atoms with Crippen molar-refractivity contribution in [2.75, 3.05) is 0 Å². The first-order chi connectivity index (χ1) is 4.77. The van der Waals surface area contributed by atoms with E-state index in [1.807, 2.05) is 0 Å². The molecule has 1 saturated heterocycles. The van der Waals surface area contributed by atoms with Gasteiger partial charge in [-0.1, -0.05) is 0 Å². The van der Waals surface area contributed by atoms with Gasteiger partial charge in [-0.2, -0.15) is 0 Å². The van der Waals surface area contributed by atoms with E-state index in [0.29, 0.717) is 18.4 Å². The van der Waals surface area contributed by atoms with Gasteiger partial charge in [-0.3, -0.25) is 4.79 Å². The van der Waals surface area contributed by atoms with E-state index in [-0.39, 0.29) is 11.9 Å². The summed E-state index contributed by atoms with van der Waals surface area (Å²) < 4.78 is 0. The summed E-state index contributed by atoms with van der Waals surface area (Å²) in [7, 11) is 0. The van der Waals surface area contributed by atoms with Gasteiger partial charge < -0.3 is 11.1 Å². The SMILES string of the molecule is N[C@H]1CC[C@@H]2CC(=O)N[C@@H]21. The quantitative estimate of drug-likeness (QED) is 0.481. The van der Waals surface area contributed by atoms with Crippen LogP contribution in [0, 0.1) is 5.92 Å². The molecule has 56 valence electrons. The molecule has 1 heterocycles. The molecule has 0 unspecified atom stereocenters. The number of hydrogen-bond donors (Lipinski definition) is 2. The van der Waals surface area contributed by atoms with Gasteiger partial charge in [-0.25, -0.2) is 0 Å². The van der Waals surface area contributed by atoms with E-state index in [1.54, 1.807) is 0 Å². The molecule has 2 aliphatic rings. The monoisotopic (exact) mass is 140 g/mol. The molecule has 0 aromatic heterocycles. The summed E-state index contributed by atoms with van der Waals surface area (Å²) in [6.45, 7) is 0. The fourth-order valence-electron chi connectivity index (χ4n) is 2.05. The number of hydrogen-bond acceptors (Lipinski definition) is 2. The van der Waals surface area contributed by atoms with E-state index < -0.39 is 0 Å². The van der Waals surface area contributed by atoms with Gasteiger partial charge in [-0.15, -0.1) is 0 Å². The Morgan fingerprint density at radius 2 is 2.30 bits per heavy atom. The third-order valence-corrected chi connectivity index (χ3v) is 2.62. The normalized spacial score (nSPS) is 45.3. The Bertz CT molecular complexity index is 169. The topological polar surface area (TPSA) is 55.1 Å². The van der Waals surface area contributed by atoms with Gasteiger partial charge in [0.15, 0.2) is 0 Å². The number of nitrogens with one attached hydrogen (secondary N) is 1.